The zero-order valence-corrected chi connectivity index (χ0v) is 16.6. The van der Waals surface area contributed by atoms with Crippen molar-refractivity contribution in [1.82, 2.24) is 9.97 Å². The quantitative estimate of drug-likeness (QED) is 0.521. The molecule has 0 fully saturated rings. The van der Waals surface area contributed by atoms with Crippen molar-refractivity contribution < 1.29 is 30.4 Å². The van der Waals surface area contributed by atoms with Crippen molar-refractivity contribution in [3.8, 4) is 0 Å². The fraction of sp³-hybridized carbons (Fsp3) is 0.158. The van der Waals surface area contributed by atoms with Crippen LogP contribution in [-0.4, -0.2) is 18.4 Å². The van der Waals surface area contributed by atoms with Gasteiger partial charge in [0.05, 0.1) is 16.5 Å². The first-order chi connectivity index (χ1) is 14.5. The van der Waals surface area contributed by atoms with Gasteiger partial charge in [-0.15, -0.1) is 0 Å². The Morgan fingerprint density at radius 3 is 2.42 bits per heavy atom. The molecule has 0 saturated heterocycles. The SMILES string of the molecule is C[C@H](Nc1ccc(S(=O)(=O)Nc2ccncn2)cc1C(F)(F)F)c1cc(F)ccc1F. The van der Waals surface area contributed by atoms with Gasteiger partial charge < -0.3 is 5.32 Å². The Balaban J connectivity index is 1.96. The molecule has 3 rings (SSSR count). The van der Waals surface area contributed by atoms with Gasteiger partial charge in [0.2, 0.25) is 0 Å². The van der Waals surface area contributed by atoms with Crippen LogP contribution in [0.25, 0.3) is 0 Å². The van der Waals surface area contributed by atoms with Crippen molar-refractivity contribution in [3.63, 3.8) is 0 Å². The Morgan fingerprint density at radius 2 is 1.77 bits per heavy atom. The Hall–Kier alpha value is -3.28. The Morgan fingerprint density at radius 1 is 1.03 bits per heavy atom. The number of hydrogen-bond donors (Lipinski definition) is 2. The maximum atomic E-state index is 14.0. The van der Waals surface area contributed by atoms with Crippen molar-refractivity contribution in [2.75, 3.05) is 10.0 Å². The van der Waals surface area contributed by atoms with E-state index in [2.05, 4.69) is 20.0 Å². The number of benzene rings is 2. The third kappa shape index (κ3) is 5.26. The molecule has 1 atom stereocenters. The van der Waals surface area contributed by atoms with E-state index in [1.54, 1.807) is 0 Å². The number of hydrogen-bond acceptors (Lipinski definition) is 5. The van der Waals surface area contributed by atoms with E-state index in [1.807, 2.05) is 0 Å². The molecule has 12 heteroatoms. The lowest BCUT2D eigenvalue weighted by atomic mass is 10.1. The second kappa shape index (κ2) is 8.46. The second-order valence-corrected chi connectivity index (χ2v) is 8.12. The minimum atomic E-state index is -4.93. The molecule has 3 aromatic rings. The molecule has 0 aliphatic rings. The van der Waals surface area contributed by atoms with E-state index in [-0.39, 0.29) is 11.4 Å². The summed E-state index contributed by atoms with van der Waals surface area (Å²) < 4.78 is 95.3. The molecule has 0 spiro atoms. The summed E-state index contributed by atoms with van der Waals surface area (Å²) in [6.45, 7) is 1.35. The lowest BCUT2D eigenvalue weighted by Crippen LogP contribution is -2.18. The zero-order chi connectivity index (χ0) is 22.8. The van der Waals surface area contributed by atoms with Crippen LogP contribution in [0.1, 0.15) is 24.1 Å². The molecule has 1 aromatic heterocycles. The van der Waals surface area contributed by atoms with Crippen LogP contribution in [0.15, 0.2) is 59.9 Å². The van der Waals surface area contributed by atoms with Crippen LogP contribution in [0.4, 0.5) is 33.5 Å². The Bertz CT molecular complexity index is 1190. The number of rotatable bonds is 6. The first-order valence-electron chi connectivity index (χ1n) is 8.69. The molecule has 0 bridgehead atoms. The summed E-state index contributed by atoms with van der Waals surface area (Å²) in [5.41, 5.74) is -1.97. The van der Waals surface area contributed by atoms with Gasteiger partial charge in [-0.05, 0) is 49.4 Å². The van der Waals surface area contributed by atoms with Crippen LogP contribution >= 0.6 is 0 Å². The maximum absolute atomic E-state index is 14.0. The highest BCUT2D eigenvalue weighted by Crippen LogP contribution is 2.38. The lowest BCUT2D eigenvalue weighted by Gasteiger charge is -2.21. The van der Waals surface area contributed by atoms with Gasteiger partial charge in [0, 0.05) is 17.4 Å². The molecule has 0 unspecified atom stereocenters. The van der Waals surface area contributed by atoms with Gasteiger partial charge in [0.15, 0.2) is 0 Å². The summed E-state index contributed by atoms with van der Waals surface area (Å²) in [7, 11) is -4.38. The maximum Gasteiger partial charge on any atom is 0.418 e. The number of halogens is 5. The van der Waals surface area contributed by atoms with Gasteiger partial charge in [-0.3, -0.25) is 4.72 Å². The Kier molecular flexibility index (Phi) is 6.11. The van der Waals surface area contributed by atoms with Crippen LogP contribution in [0, 0.1) is 11.6 Å². The van der Waals surface area contributed by atoms with Gasteiger partial charge in [-0.25, -0.2) is 27.2 Å². The molecule has 6 nitrogen and oxygen atoms in total. The number of alkyl halides is 3. The smallest absolute Gasteiger partial charge is 0.378 e. The fourth-order valence-electron chi connectivity index (χ4n) is 2.76. The third-order valence-corrected chi connectivity index (χ3v) is 5.58. The summed E-state index contributed by atoms with van der Waals surface area (Å²) in [5.74, 6) is -1.68. The first-order valence-corrected chi connectivity index (χ1v) is 10.2. The van der Waals surface area contributed by atoms with Crippen molar-refractivity contribution in [1.29, 1.82) is 0 Å². The minimum Gasteiger partial charge on any atom is -0.378 e. The molecule has 1 heterocycles. The van der Waals surface area contributed by atoms with Gasteiger partial charge in [0.25, 0.3) is 10.0 Å². The Labute approximate surface area is 174 Å². The molecule has 31 heavy (non-hydrogen) atoms. The highest BCUT2D eigenvalue weighted by atomic mass is 32.2. The molecular formula is C19H15F5N4O2S. The predicted molar refractivity (Wildman–Crippen MR) is 103 cm³/mol. The van der Waals surface area contributed by atoms with Crippen LogP contribution in [0.3, 0.4) is 0 Å². The number of nitrogens with one attached hydrogen (secondary N) is 2. The molecule has 0 saturated carbocycles. The number of anilines is 2. The van der Waals surface area contributed by atoms with Gasteiger partial charge >= 0.3 is 6.18 Å². The largest absolute Gasteiger partial charge is 0.418 e. The van der Waals surface area contributed by atoms with Gasteiger partial charge in [-0.2, -0.15) is 13.2 Å². The van der Waals surface area contributed by atoms with E-state index in [0.29, 0.717) is 6.07 Å². The van der Waals surface area contributed by atoms with Crippen LogP contribution in [0.5, 0.6) is 0 Å². The predicted octanol–water partition coefficient (Wildman–Crippen LogP) is 4.75. The first kappa shape index (κ1) is 22.4. The summed E-state index contributed by atoms with van der Waals surface area (Å²) in [6, 6.07) is 5.11. The summed E-state index contributed by atoms with van der Waals surface area (Å²) in [5, 5.41) is 2.47. The van der Waals surface area contributed by atoms with Gasteiger partial charge in [0.1, 0.15) is 23.8 Å². The van der Waals surface area contributed by atoms with E-state index < -0.39 is 50.0 Å². The van der Waals surface area contributed by atoms with Crippen molar-refractivity contribution in [3.05, 3.63) is 77.8 Å². The van der Waals surface area contributed by atoms with Crippen LogP contribution in [-0.2, 0) is 16.2 Å². The van der Waals surface area contributed by atoms with Crippen molar-refractivity contribution >= 4 is 21.5 Å². The molecule has 2 aromatic carbocycles. The average Bonchev–Trinajstić information content (AvgIpc) is 2.69. The molecule has 164 valence electrons. The highest BCUT2D eigenvalue weighted by Gasteiger charge is 2.35. The molecule has 0 aliphatic heterocycles. The number of sulfonamides is 1. The normalized spacial score (nSPS) is 13.0. The summed E-state index contributed by atoms with van der Waals surface area (Å²) in [6.07, 6.45) is -2.60. The molecule has 2 N–H and O–H groups in total. The third-order valence-electron chi connectivity index (χ3n) is 4.22. The number of nitrogens with zero attached hydrogens (tertiary/aromatic N) is 2. The van der Waals surface area contributed by atoms with Crippen molar-refractivity contribution in [2.24, 2.45) is 0 Å². The molecule has 0 radical (unpaired) electrons. The fourth-order valence-corrected chi connectivity index (χ4v) is 3.79. The minimum absolute atomic E-state index is 0.124. The topological polar surface area (TPSA) is 84.0 Å². The highest BCUT2D eigenvalue weighted by molar-refractivity contribution is 7.92. The van der Waals surface area contributed by atoms with E-state index in [9.17, 15) is 30.4 Å². The van der Waals surface area contributed by atoms with E-state index >= 15 is 0 Å². The lowest BCUT2D eigenvalue weighted by molar-refractivity contribution is -0.137. The zero-order valence-electron chi connectivity index (χ0n) is 15.8. The molecular weight excluding hydrogens is 443 g/mol. The van der Waals surface area contributed by atoms with E-state index in [0.717, 1.165) is 36.7 Å². The summed E-state index contributed by atoms with van der Waals surface area (Å²) in [4.78, 5) is 6.62. The number of aromatic nitrogens is 2. The summed E-state index contributed by atoms with van der Waals surface area (Å²) >= 11 is 0. The van der Waals surface area contributed by atoms with Crippen LogP contribution in [0.2, 0.25) is 0 Å². The molecule has 0 aliphatic carbocycles. The second-order valence-electron chi connectivity index (χ2n) is 6.44. The van der Waals surface area contributed by atoms with E-state index in [4.69, 9.17) is 0 Å². The molecule has 0 amide bonds. The van der Waals surface area contributed by atoms with Crippen molar-refractivity contribution in [2.45, 2.75) is 24.0 Å². The standard InChI is InChI=1S/C19H15F5N4O2S/c1-11(14-8-12(20)2-4-16(14)21)27-17-5-3-13(9-15(17)19(22,23)24)31(29,30)28-18-6-7-25-10-26-18/h2-11,27H,1H3,(H,25,26,28)/t11-/m0/s1. The van der Waals surface area contributed by atoms with Crippen LogP contribution < -0.4 is 10.0 Å². The average molecular weight is 458 g/mol. The monoisotopic (exact) mass is 458 g/mol. The van der Waals surface area contributed by atoms with Gasteiger partial charge in [-0.1, -0.05) is 0 Å². The van der Waals surface area contributed by atoms with E-state index in [1.165, 1.54) is 19.2 Å².